The molecule has 21 heavy (non-hydrogen) atoms. The number of ether oxygens (including phenoxy) is 2. The van der Waals surface area contributed by atoms with E-state index < -0.39 is 16.0 Å². The predicted octanol–water partition coefficient (Wildman–Crippen LogP) is 0.931. The van der Waals surface area contributed by atoms with Gasteiger partial charge in [0.1, 0.15) is 10.0 Å². The summed E-state index contributed by atoms with van der Waals surface area (Å²) in [6, 6.07) is 2.26. The van der Waals surface area contributed by atoms with Gasteiger partial charge in [-0.1, -0.05) is 11.6 Å². The van der Waals surface area contributed by atoms with Gasteiger partial charge in [0.25, 0.3) is 0 Å². The van der Waals surface area contributed by atoms with E-state index in [9.17, 15) is 13.2 Å². The van der Waals surface area contributed by atoms with E-state index in [-0.39, 0.29) is 28.3 Å². The minimum absolute atomic E-state index is 0.0179. The van der Waals surface area contributed by atoms with Crippen molar-refractivity contribution in [2.24, 2.45) is 0 Å². The fourth-order valence-electron chi connectivity index (χ4n) is 2.07. The lowest BCUT2D eigenvalue weighted by Crippen LogP contribution is -2.47. The van der Waals surface area contributed by atoms with Crippen LogP contribution in [-0.4, -0.2) is 56.6 Å². The molecule has 1 fully saturated rings. The number of pyridine rings is 1. The van der Waals surface area contributed by atoms with Gasteiger partial charge in [0.15, 0.2) is 5.69 Å². The number of sulfonamides is 1. The first-order valence-corrected chi connectivity index (χ1v) is 8.04. The van der Waals surface area contributed by atoms with E-state index in [4.69, 9.17) is 16.3 Å². The highest BCUT2D eigenvalue weighted by molar-refractivity contribution is 7.89. The third-order valence-electron chi connectivity index (χ3n) is 3.10. The molecule has 0 N–H and O–H groups in total. The molecule has 1 unspecified atom stereocenters. The number of carbonyl (C=O) groups is 1. The summed E-state index contributed by atoms with van der Waals surface area (Å²) in [7, 11) is -2.73. The SMILES string of the molecule is COC(=O)c1nc(Cl)ccc1S(=O)(=O)N1CCOCC1C. The molecule has 0 aliphatic carbocycles. The van der Waals surface area contributed by atoms with Gasteiger partial charge in [-0.15, -0.1) is 0 Å². The molecule has 0 spiro atoms. The van der Waals surface area contributed by atoms with E-state index >= 15 is 0 Å². The van der Waals surface area contributed by atoms with E-state index in [1.807, 2.05) is 0 Å². The number of aromatic nitrogens is 1. The van der Waals surface area contributed by atoms with Crippen LogP contribution < -0.4 is 0 Å². The summed E-state index contributed by atoms with van der Waals surface area (Å²) < 4.78 is 36.5. The van der Waals surface area contributed by atoms with Gasteiger partial charge in [0, 0.05) is 12.6 Å². The summed E-state index contributed by atoms with van der Waals surface area (Å²) in [6.45, 7) is 2.55. The van der Waals surface area contributed by atoms with Crippen LogP contribution in [0.5, 0.6) is 0 Å². The Kier molecular flexibility index (Phi) is 4.82. The third-order valence-corrected chi connectivity index (χ3v) is 5.35. The molecule has 0 aromatic carbocycles. The van der Waals surface area contributed by atoms with E-state index in [0.29, 0.717) is 13.2 Å². The van der Waals surface area contributed by atoms with Crippen molar-refractivity contribution in [3.05, 3.63) is 23.0 Å². The molecule has 116 valence electrons. The minimum atomic E-state index is -3.88. The van der Waals surface area contributed by atoms with Gasteiger partial charge in [-0.2, -0.15) is 4.31 Å². The number of methoxy groups -OCH3 is 1. The highest BCUT2D eigenvalue weighted by Gasteiger charge is 2.35. The maximum absolute atomic E-state index is 12.7. The average molecular weight is 335 g/mol. The second-order valence-corrected chi connectivity index (χ2v) is 6.76. The first-order chi connectivity index (χ1) is 9.87. The van der Waals surface area contributed by atoms with Gasteiger partial charge in [0.2, 0.25) is 10.0 Å². The van der Waals surface area contributed by atoms with Crippen LogP contribution in [0.4, 0.5) is 0 Å². The van der Waals surface area contributed by atoms with Crippen molar-refractivity contribution in [3.8, 4) is 0 Å². The molecule has 0 saturated carbocycles. The number of rotatable bonds is 3. The lowest BCUT2D eigenvalue weighted by atomic mass is 10.3. The van der Waals surface area contributed by atoms with Crippen molar-refractivity contribution < 1.29 is 22.7 Å². The quantitative estimate of drug-likeness (QED) is 0.604. The molecule has 0 amide bonds. The average Bonchev–Trinajstić information content (AvgIpc) is 2.46. The molecular weight excluding hydrogens is 320 g/mol. The van der Waals surface area contributed by atoms with Crippen LogP contribution in [-0.2, 0) is 19.5 Å². The first-order valence-electron chi connectivity index (χ1n) is 6.22. The molecule has 2 heterocycles. The standard InChI is InChI=1S/C12H15ClN2O5S/c1-8-7-20-6-5-15(8)21(17,18)9-3-4-10(13)14-11(9)12(16)19-2/h3-4,8H,5-7H2,1-2H3. The van der Waals surface area contributed by atoms with Crippen LogP contribution in [0.1, 0.15) is 17.4 Å². The summed E-state index contributed by atoms with van der Waals surface area (Å²) in [4.78, 5) is 15.3. The van der Waals surface area contributed by atoms with Crippen LogP contribution in [0.2, 0.25) is 5.15 Å². The second kappa shape index (κ2) is 6.27. The fraction of sp³-hybridized carbons (Fsp3) is 0.500. The summed E-state index contributed by atoms with van der Waals surface area (Å²) in [5, 5.41) is 0.0179. The van der Waals surface area contributed by atoms with Gasteiger partial charge in [-0.05, 0) is 19.1 Å². The molecule has 7 nitrogen and oxygen atoms in total. The Morgan fingerprint density at radius 2 is 2.24 bits per heavy atom. The molecule has 1 saturated heterocycles. The largest absolute Gasteiger partial charge is 0.464 e. The minimum Gasteiger partial charge on any atom is -0.464 e. The molecule has 0 radical (unpaired) electrons. The summed E-state index contributed by atoms with van der Waals surface area (Å²) in [6.07, 6.45) is 0. The number of hydrogen-bond donors (Lipinski definition) is 0. The van der Waals surface area contributed by atoms with Gasteiger partial charge >= 0.3 is 5.97 Å². The van der Waals surface area contributed by atoms with Crippen LogP contribution >= 0.6 is 11.6 Å². The van der Waals surface area contributed by atoms with Gasteiger partial charge in [-0.25, -0.2) is 18.2 Å². The second-order valence-electron chi connectivity index (χ2n) is 4.51. The number of morpholine rings is 1. The molecule has 2 rings (SSSR count). The zero-order valence-corrected chi connectivity index (χ0v) is 13.1. The molecule has 1 aliphatic heterocycles. The van der Waals surface area contributed by atoms with Crippen molar-refractivity contribution in [2.45, 2.75) is 17.9 Å². The fourth-order valence-corrected chi connectivity index (χ4v) is 3.93. The lowest BCUT2D eigenvalue weighted by molar-refractivity contribution is 0.0391. The monoisotopic (exact) mass is 334 g/mol. The van der Waals surface area contributed by atoms with E-state index in [1.54, 1.807) is 6.92 Å². The number of halogens is 1. The van der Waals surface area contributed by atoms with Gasteiger partial charge < -0.3 is 9.47 Å². The number of esters is 1. The Morgan fingerprint density at radius 1 is 1.52 bits per heavy atom. The zero-order valence-electron chi connectivity index (χ0n) is 11.6. The molecule has 1 aromatic heterocycles. The van der Waals surface area contributed by atoms with Crippen LogP contribution in [0, 0.1) is 0 Å². The molecule has 1 atom stereocenters. The van der Waals surface area contributed by atoms with Crippen LogP contribution in [0.25, 0.3) is 0 Å². The highest BCUT2D eigenvalue weighted by Crippen LogP contribution is 2.24. The van der Waals surface area contributed by atoms with Gasteiger partial charge in [0.05, 0.1) is 20.3 Å². The summed E-state index contributed by atoms with van der Waals surface area (Å²) in [5.74, 6) is -0.850. The summed E-state index contributed by atoms with van der Waals surface area (Å²) in [5.41, 5.74) is -0.316. The third kappa shape index (κ3) is 3.18. The molecule has 0 bridgehead atoms. The van der Waals surface area contributed by atoms with Crippen molar-refractivity contribution >= 4 is 27.6 Å². The number of hydrogen-bond acceptors (Lipinski definition) is 6. The Morgan fingerprint density at radius 3 is 2.86 bits per heavy atom. The van der Waals surface area contributed by atoms with Crippen molar-refractivity contribution in [1.29, 1.82) is 0 Å². The van der Waals surface area contributed by atoms with E-state index in [0.717, 1.165) is 7.11 Å². The Bertz CT molecular complexity index is 649. The maximum atomic E-state index is 12.7. The molecule has 1 aromatic rings. The number of carbonyl (C=O) groups excluding carboxylic acids is 1. The number of nitrogens with zero attached hydrogens (tertiary/aromatic N) is 2. The lowest BCUT2D eigenvalue weighted by Gasteiger charge is -2.32. The Balaban J connectivity index is 2.51. The van der Waals surface area contributed by atoms with Crippen LogP contribution in [0.15, 0.2) is 17.0 Å². The maximum Gasteiger partial charge on any atom is 0.358 e. The normalized spacial score (nSPS) is 20.2. The Labute approximate surface area is 127 Å². The van der Waals surface area contributed by atoms with E-state index in [2.05, 4.69) is 9.72 Å². The predicted molar refractivity (Wildman–Crippen MR) is 74.8 cm³/mol. The smallest absolute Gasteiger partial charge is 0.358 e. The van der Waals surface area contributed by atoms with Gasteiger partial charge in [-0.3, -0.25) is 0 Å². The van der Waals surface area contributed by atoms with Crippen molar-refractivity contribution in [3.63, 3.8) is 0 Å². The zero-order chi connectivity index (χ0) is 15.6. The highest BCUT2D eigenvalue weighted by atomic mass is 35.5. The summed E-state index contributed by atoms with van der Waals surface area (Å²) >= 11 is 5.74. The van der Waals surface area contributed by atoms with Crippen molar-refractivity contribution in [2.75, 3.05) is 26.9 Å². The van der Waals surface area contributed by atoms with Crippen LogP contribution in [0.3, 0.4) is 0 Å². The van der Waals surface area contributed by atoms with Crippen molar-refractivity contribution in [1.82, 2.24) is 9.29 Å². The molecular formula is C12H15ClN2O5S. The van der Waals surface area contributed by atoms with E-state index in [1.165, 1.54) is 16.4 Å². The Hall–Kier alpha value is -1.22. The topological polar surface area (TPSA) is 85.8 Å². The first kappa shape index (κ1) is 16.2. The molecule has 9 heteroatoms. The molecule has 1 aliphatic rings.